The summed E-state index contributed by atoms with van der Waals surface area (Å²) < 4.78 is 17.5. The number of esters is 1. The smallest absolute Gasteiger partial charge is 0.302 e. The molecule has 252 valence electrons. The van der Waals surface area contributed by atoms with Crippen molar-refractivity contribution in [2.45, 2.75) is 138 Å². The van der Waals surface area contributed by atoms with E-state index >= 15 is 0 Å². The number of aliphatic hydroxyl groups is 3. The van der Waals surface area contributed by atoms with Gasteiger partial charge in [0.05, 0.1) is 12.7 Å². The van der Waals surface area contributed by atoms with E-state index in [0.29, 0.717) is 18.8 Å². The van der Waals surface area contributed by atoms with Crippen molar-refractivity contribution < 1.29 is 39.1 Å². The molecule has 3 saturated carbocycles. The second-order valence-corrected chi connectivity index (χ2v) is 15.3. The number of carbonyl (C=O) groups is 2. The number of aliphatic hydroxyl groups excluding tert-OH is 3. The number of hydrogen-bond acceptors (Lipinski definition) is 8. The minimum atomic E-state index is -1.26. The number of fused-ring (bicyclic) bond motifs is 3. The summed E-state index contributed by atoms with van der Waals surface area (Å²) in [4.78, 5) is 25.6. The van der Waals surface area contributed by atoms with E-state index in [0.717, 1.165) is 48.0 Å². The Morgan fingerprint density at radius 1 is 1.02 bits per heavy atom. The van der Waals surface area contributed by atoms with Crippen LogP contribution in [0.4, 0.5) is 0 Å². The number of ketones is 1. The molecule has 8 heteroatoms. The highest BCUT2D eigenvalue weighted by atomic mass is 16.7. The molecule has 3 N–H and O–H groups in total. The molecular formula is C37H56O8. The molecule has 10 atom stereocenters. The van der Waals surface area contributed by atoms with E-state index in [9.17, 15) is 24.9 Å². The van der Waals surface area contributed by atoms with Gasteiger partial charge in [-0.15, -0.1) is 0 Å². The van der Waals surface area contributed by atoms with Crippen LogP contribution in [0, 0.1) is 28.1 Å². The van der Waals surface area contributed by atoms with E-state index in [4.69, 9.17) is 14.2 Å². The lowest BCUT2D eigenvalue weighted by molar-refractivity contribution is -0.185. The first kappa shape index (κ1) is 35.7. The standard InChI is InChI=1S/C37H56O8/c1-21(2)13-14-26(44-34-33(42)32(41)27(20-38)45-34)22(3)11-10-12-23(4)31-25(40)19-29-36(8)18-16-30(43-24(5)39)35(6,7)28(36)15-17-37(29,31)9/h10-13,26-30,32-34,38,41-42H,14-20H2,1-9H3/b12-10+,22-11+,31-23+/t26?,27-,28+,29+,30-,32-,33-,34+,36+,37+/m1/s1. The number of allylic oxidation sites excluding steroid dienone is 6. The van der Waals surface area contributed by atoms with Gasteiger partial charge in [0, 0.05) is 29.7 Å². The maximum Gasteiger partial charge on any atom is 0.302 e. The van der Waals surface area contributed by atoms with Crippen molar-refractivity contribution in [2.75, 3.05) is 6.61 Å². The lowest BCUT2D eigenvalue weighted by Crippen LogP contribution is -2.58. The third kappa shape index (κ3) is 6.82. The second kappa shape index (κ2) is 13.6. The Balaban J connectivity index is 1.56. The van der Waals surface area contributed by atoms with E-state index in [1.165, 1.54) is 6.92 Å². The molecule has 1 aliphatic heterocycles. The maximum atomic E-state index is 13.8. The number of hydrogen-bond donors (Lipinski definition) is 3. The molecule has 45 heavy (non-hydrogen) atoms. The van der Waals surface area contributed by atoms with Gasteiger partial charge in [-0.2, -0.15) is 0 Å². The van der Waals surface area contributed by atoms with Crippen molar-refractivity contribution in [2.24, 2.45) is 28.1 Å². The zero-order valence-corrected chi connectivity index (χ0v) is 28.8. The number of rotatable bonds is 9. The lowest BCUT2D eigenvalue weighted by atomic mass is 9.43. The van der Waals surface area contributed by atoms with Gasteiger partial charge in [-0.25, -0.2) is 0 Å². The fraction of sp³-hybridized carbons (Fsp3) is 0.730. The highest BCUT2D eigenvalue weighted by Gasteiger charge is 2.65. The predicted molar refractivity (Wildman–Crippen MR) is 173 cm³/mol. The third-order valence-electron chi connectivity index (χ3n) is 11.7. The van der Waals surface area contributed by atoms with Crippen LogP contribution in [-0.2, 0) is 23.8 Å². The molecule has 0 amide bonds. The van der Waals surface area contributed by atoms with Crippen LogP contribution in [0.2, 0.25) is 0 Å². The average molecular weight is 629 g/mol. The van der Waals surface area contributed by atoms with Crippen LogP contribution in [-0.4, -0.2) is 70.5 Å². The first-order chi connectivity index (χ1) is 21.0. The quantitative estimate of drug-likeness (QED) is 0.128. The molecule has 0 aromatic rings. The van der Waals surface area contributed by atoms with E-state index in [-0.39, 0.29) is 40.0 Å². The van der Waals surface area contributed by atoms with Crippen LogP contribution in [0.1, 0.15) is 101 Å². The Morgan fingerprint density at radius 3 is 2.31 bits per heavy atom. The van der Waals surface area contributed by atoms with Crippen molar-refractivity contribution >= 4 is 11.8 Å². The van der Waals surface area contributed by atoms with Gasteiger partial charge in [0.2, 0.25) is 0 Å². The predicted octanol–water partition coefficient (Wildman–Crippen LogP) is 5.75. The van der Waals surface area contributed by atoms with Gasteiger partial charge in [-0.3, -0.25) is 9.59 Å². The van der Waals surface area contributed by atoms with Gasteiger partial charge in [0.1, 0.15) is 24.4 Å². The monoisotopic (exact) mass is 628 g/mol. The summed E-state index contributed by atoms with van der Waals surface area (Å²) in [5.41, 5.74) is 3.56. The molecule has 3 aliphatic carbocycles. The second-order valence-electron chi connectivity index (χ2n) is 15.3. The molecule has 4 rings (SSSR count). The molecule has 0 radical (unpaired) electrons. The Kier molecular flexibility index (Phi) is 10.8. The third-order valence-corrected chi connectivity index (χ3v) is 11.7. The van der Waals surface area contributed by atoms with Crippen LogP contribution < -0.4 is 0 Å². The Morgan fingerprint density at radius 2 is 1.71 bits per heavy atom. The topological polar surface area (TPSA) is 123 Å². The lowest BCUT2D eigenvalue weighted by Gasteiger charge is -2.62. The summed E-state index contributed by atoms with van der Waals surface area (Å²) >= 11 is 0. The molecule has 1 heterocycles. The molecule has 1 saturated heterocycles. The van der Waals surface area contributed by atoms with Crippen molar-refractivity contribution in [3.8, 4) is 0 Å². The summed E-state index contributed by atoms with van der Waals surface area (Å²) in [5, 5.41) is 30.1. The fourth-order valence-corrected chi connectivity index (χ4v) is 9.34. The minimum absolute atomic E-state index is 0.0178. The van der Waals surface area contributed by atoms with Crippen molar-refractivity contribution in [1.29, 1.82) is 0 Å². The van der Waals surface area contributed by atoms with Crippen molar-refractivity contribution in [1.82, 2.24) is 0 Å². The molecule has 4 fully saturated rings. The average Bonchev–Trinajstić information content (AvgIpc) is 3.39. The van der Waals surface area contributed by atoms with Crippen LogP contribution in [0.25, 0.3) is 0 Å². The minimum Gasteiger partial charge on any atom is -0.462 e. The van der Waals surface area contributed by atoms with E-state index in [1.54, 1.807) is 0 Å². The Bertz CT molecular complexity index is 1250. The summed E-state index contributed by atoms with van der Waals surface area (Å²) in [6.45, 7) is 18.2. The summed E-state index contributed by atoms with van der Waals surface area (Å²) in [5.74, 6) is 0.617. The molecule has 1 unspecified atom stereocenters. The Labute approximate surface area is 269 Å². The van der Waals surface area contributed by atoms with Gasteiger partial charge < -0.3 is 29.5 Å². The van der Waals surface area contributed by atoms with Gasteiger partial charge in [0.25, 0.3) is 0 Å². The van der Waals surface area contributed by atoms with Gasteiger partial charge in [0.15, 0.2) is 12.1 Å². The van der Waals surface area contributed by atoms with E-state index < -0.39 is 37.3 Å². The van der Waals surface area contributed by atoms with Crippen LogP contribution in [0.5, 0.6) is 0 Å². The SMILES string of the molecule is CC(=O)O[C@@H]1CC[C@@]2(C)[C@@H](CC[C@]3(C)/C(=C(C)/C=C/C=C(\C)C(CC=C(C)C)O[C@H]4O[C@H](CO)[C@@H](O)[C@H]4O)C(=O)C[C@@H]23)C1(C)C. The molecule has 4 aliphatic rings. The summed E-state index contributed by atoms with van der Waals surface area (Å²) in [6.07, 6.45) is 7.84. The molecule has 0 bridgehead atoms. The molecule has 8 nitrogen and oxygen atoms in total. The molecule has 0 spiro atoms. The first-order valence-corrected chi connectivity index (χ1v) is 16.6. The van der Waals surface area contributed by atoms with Gasteiger partial charge in [-0.05, 0) is 88.2 Å². The normalized spacial score (nSPS) is 39.8. The molecule has 0 aromatic heterocycles. The summed E-state index contributed by atoms with van der Waals surface area (Å²) in [6, 6.07) is 0. The van der Waals surface area contributed by atoms with Gasteiger partial charge in [-0.1, -0.05) is 57.6 Å². The zero-order chi connectivity index (χ0) is 33.5. The number of carbonyl (C=O) groups excluding carboxylic acids is 2. The first-order valence-electron chi connectivity index (χ1n) is 16.6. The molecular weight excluding hydrogens is 572 g/mol. The Hall–Kier alpha value is -2.10. The van der Waals surface area contributed by atoms with Crippen LogP contribution >= 0.6 is 0 Å². The highest BCUT2D eigenvalue weighted by molar-refractivity contribution is 6.00. The van der Waals surface area contributed by atoms with E-state index in [2.05, 4.69) is 33.8 Å². The molecule has 0 aromatic carbocycles. The van der Waals surface area contributed by atoms with Crippen LogP contribution in [0.3, 0.4) is 0 Å². The van der Waals surface area contributed by atoms with Crippen molar-refractivity contribution in [3.05, 3.63) is 46.6 Å². The zero-order valence-electron chi connectivity index (χ0n) is 28.8. The van der Waals surface area contributed by atoms with Gasteiger partial charge >= 0.3 is 5.97 Å². The maximum absolute atomic E-state index is 13.8. The highest BCUT2D eigenvalue weighted by Crippen LogP contribution is 2.69. The fourth-order valence-electron chi connectivity index (χ4n) is 9.34. The largest absolute Gasteiger partial charge is 0.462 e. The number of Topliss-reactive ketones (excluding diaryl/α,β-unsaturated/α-hetero) is 1. The van der Waals surface area contributed by atoms with Crippen molar-refractivity contribution in [3.63, 3.8) is 0 Å². The van der Waals surface area contributed by atoms with Crippen LogP contribution in [0.15, 0.2) is 46.6 Å². The number of ether oxygens (including phenoxy) is 3. The summed E-state index contributed by atoms with van der Waals surface area (Å²) in [7, 11) is 0. The van der Waals surface area contributed by atoms with E-state index in [1.807, 2.05) is 45.9 Å².